The Labute approximate surface area is 147 Å². The highest BCUT2D eigenvalue weighted by atomic mass is 16.5. The topological polar surface area (TPSA) is 64.4 Å². The van der Waals surface area contributed by atoms with Crippen LogP contribution in [0.5, 0.6) is 5.75 Å². The van der Waals surface area contributed by atoms with Crippen molar-refractivity contribution in [2.75, 3.05) is 13.7 Å². The van der Waals surface area contributed by atoms with Crippen LogP contribution in [-0.2, 0) is 11.3 Å². The number of nitrogens with zero attached hydrogens (tertiary/aromatic N) is 3. The summed E-state index contributed by atoms with van der Waals surface area (Å²) in [6, 6.07) is 9.59. The molecule has 0 bridgehead atoms. The van der Waals surface area contributed by atoms with Crippen molar-refractivity contribution in [3.63, 3.8) is 0 Å². The minimum absolute atomic E-state index is 0.0271. The monoisotopic (exact) mass is 341 g/mol. The Morgan fingerprint density at radius 3 is 2.76 bits per heavy atom. The van der Waals surface area contributed by atoms with Gasteiger partial charge in [0.05, 0.1) is 13.2 Å². The zero-order chi connectivity index (χ0) is 17.6. The van der Waals surface area contributed by atoms with Crippen LogP contribution >= 0.6 is 0 Å². The van der Waals surface area contributed by atoms with Gasteiger partial charge in [-0.3, -0.25) is 9.36 Å². The maximum atomic E-state index is 12.9. The number of rotatable bonds is 4. The lowest BCUT2D eigenvalue weighted by molar-refractivity contribution is -0.134. The SMILES string of the molecule is COc1ccc([C@@H]2CCCCCN2C(=O)Cn2cccnc2=O)cc1. The third-order valence-electron chi connectivity index (χ3n) is 4.66. The fourth-order valence-corrected chi connectivity index (χ4v) is 3.32. The minimum atomic E-state index is -0.397. The standard InChI is InChI=1S/C19H23N3O3/c1-25-16-9-7-15(8-10-16)17-6-3-2-4-13-22(17)18(23)14-21-12-5-11-20-19(21)24/h5,7-12,17H,2-4,6,13-14H2,1H3/t17-/m0/s1. The van der Waals surface area contributed by atoms with Gasteiger partial charge in [-0.05, 0) is 36.6 Å². The molecule has 0 aliphatic carbocycles. The van der Waals surface area contributed by atoms with Crippen molar-refractivity contribution in [1.82, 2.24) is 14.5 Å². The van der Waals surface area contributed by atoms with E-state index in [9.17, 15) is 9.59 Å². The number of likely N-dealkylation sites (tertiary alicyclic amines) is 1. The van der Waals surface area contributed by atoms with E-state index in [0.717, 1.165) is 37.0 Å². The van der Waals surface area contributed by atoms with E-state index in [4.69, 9.17) is 4.74 Å². The van der Waals surface area contributed by atoms with Crippen molar-refractivity contribution in [3.05, 3.63) is 58.8 Å². The van der Waals surface area contributed by atoms with Gasteiger partial charge in [-0.25, -0.2) is 9.78 Å². The average molecular weight is 341 g/mol. The molecule has 0 unspecified atom stereocenters. The average Bonchev–Trinajstić information content (AvgIpc) is 2.90. The van der Waals surface area contributed by atoms with Gasteiger partial charge in [0.15, 0.2) is 0 Å². The molecule has 132 valence electrons. The number of carbonyl (C=O) groups is 1. The molecule has 1 saturated heterocycles. The molecule has 1 aromatic heterocycles. The normalized spacial score (nSPS) is 17.8. The molecule has 3 rings (SSSR count). The van der Waals surface area contributed by atoms with Crippen LogP contribution in [0.25, 0.3) is 0 Å². The van der Waals surface area contributed by atoms with E-state index in [2.05, 4.69) is 4.98 Å². The predicted octanol–water partition coefficient (Wildman–Crippen LogP) is 2.40. The first kappa shape index (κ1) is 17.2. The molecule has 0 radical (unpaired) electrons. The van der Waals surface area contributed by atoms with E-state index >= 15 is 0 Å². The van der Waals surface area contributed by atoms with Gasteiger partial charge in [0.1, 0.15) is 12.3 Å². The first-order chi connectivity index (χ1) is 12.2. The Kier molecular flexibility index (Phi) is 5.48. The first-order valence-electron chi connectivity index (χ1n) is 8.64. The summed E-state index contributed by atoms with van der Waals surface area (Å²) < 4.78 is 6.58. The number of methoxy groups -OCH3 is 1. The molecule has 0 saturated carbocycles. The summed E-state index contributed by atoms with van der Waals surface area (Å²) in [5, 5.41) is 0. The largest absolute Gasteiger partial charge is 0.497 e. The Bertz CT molecular complexity index is 770. The molecular weight excluding hydrogens is 318 g/mol. The molecule has 1 aliphatic heterocycles. The molecule has 1 aromatic carbocycles. The van der Waals surface area contributed by atoms with Crippen LogP contribution in [0.1, 0.15) is 37.3 Å². The Balaban J connectivity index is 1.83. The first-order valence-corrected chi connectivity index (χ1v) is 8.64. The Morgan fingerprint density at radius 1 is 1.24 bits per heavy atom. The molecule has 6 nitrogen and oxygen atoms in total. The highest BCUT2D eigenvalue weighted by Gasteiger charge is 2.27. The molecule has 1 amide bonds. The molecule has 1 fully saturated rings. The maximum Gasteiger partial charge on any atom is 0.347 e. The molecule has 0 N–H and O–H groups in total. The van der Waals surface area contributed by atoms with E-state index in [1.165, 1.54) is 10.8 Å². The summed E-state index contributed by atoms with van der Waals surface area (Å²) in [6.45, 7) is 0.740. The van der Waals surface area contributed by atoms with Gasteiger partial charge in [0.2, 0.25) is 5.91 Å². The van der Waals surface area contributed by atoms with E-state index in [1.54, 1.807) is 19.4 Å². The van der Waals surface area contributed by atoms with Gasteiger partial charge in [-0.2, -0.15) is 0 Å². The number of ether oxygens (including phenoxy) is 1. The van der Waals surface area contributed by atoms with E-state index in [-0.39, 0.29) is 18.5 Å². The van der Waals surface area contributed by atoms with E-state index < -0.39 is 5.69 Å². The predicted molar refractivity (Wildman–Crippen MR) is 94.4 cm³/mol. The molecule has 6 heteroatoms. The van der Waals surface area contributed by atoms with Crippen molar-refractivity contribution < 1.29 is 9.53 Å². The second-order valence-corrected chi connectivity index (χ2v) is 6.26. The summed E-state index contributed by atoms with van der Waals surface area (Å²) in [6.07, 6.45) is 7.17. The summed E-state index contributed by atoms with van der Waals surface area (Å²) in [4.78, 5) is 30.3. The lowest BCUT2D eigenvalue weighted by atomic mass is 10.0. The third-order valence-corrected chi connectivity index (χ3v) is 4.66. The summed E-state index contributed by atoms with van der Waals surface area (Å²) in [5.74, 6) is 0.759. The van der Waals surface area contributed by atoms with Crippen LogP contribution in [0.2, 0.25) is 0 Å². The maximum absolute atomic E-state index is 12.9. The van der Waals surface area contributed by atoms with Crippen LogP contribution in [0.3, 0.4) is 0 Å². The number of benzene rings is 1. The lowest BCUT2D eigenvalue weighted by Crippen LogP contribution is -2.39. The summed E-state index contributed by atoms with van der Waals surface area (Å²) in [5.41, 5.74) is 0.709. The minimum Gasteiger partial charge on any atom is -0.497 e. The van der Waals surface area contributed by atoms with Crippen LogP contribution in [-0.4, -0.2) is 34.0 Å². The molecule has 1 aliphatic rings. The smallest absolute Gasteiger partial charge is 0.347 e. The van der Waals surface area contributed by atoms with Gasteiger partial charge in [0.25, 0.3) is 0 Å². The zero-order valence-corrected chi connectivity index (χ0v) is 14.4. The fourth-order valence-electron chi connectivity index (χ4n) is 3.32. The second-order valence-electron chi connectivity index (χ2n) is 6.26. The lowest BCUT2D eigenvalue weighted by Gasteiger charge is -2.31. The number of carbonyl (C=O) groups excluding carboxylic acids is 1. The van der Waals surface area contributed by atoms with Crippen molar-refractivity contribution in [1.29, 1.82) is 0 Å². The van der Waals surface area contributed by atoms with E-state index in [0.29, 0.717) is 6.54 Å². The summed E-state index contributed by atoms with van der Waals surface area (Å²) >= 11 is 0. The highest BCUT2D eigenvalue weighted by Crippen LogP contribution is 2.31. The van der Waals surface area contributed by atoms with Crippen LogP contribution in [0, 0.1) is 0 Å². The van der Waals surface area contributed by atoms with Crippen LogP contribution in [0.15, 0.2) is 47.5 Å². The summed E-state index contributed by atoms with van der Waals surface area (Å²) in [7, 11) is 1.64. The van der Waals surface area contributed by atoms with Crippen molar-refractivity contribution in [2.24, 2.45) is 0 Å². The molecule has 25 heavy (non-hydrogen) atoms. The zero-order valence-electron chi connectivity index (χ0n) is 14.4. The fraction of sp³-hybridized carbons (Fsp3) is 0.421. The quantitative estimate of drug-likeness (QED) is 0.856. The Morgan fingerprint density at radius 2 is 2.04 bits per heavy atom. The number of hydrogen-bond donors (Lipinski definition) is 0. The molecular formula is C19H23N3O3. The van der Waals surface area contributed by atoms with Crippen LogP contribution in [0.4, 0.5) is 0 Å². The highest BCUT2D eigenvalue weighted by molar-refractivity contribution is 5.76. The van der Waals surface area contributed by atoms with E-state index in [1.807, 2.05) is 29.2 Å². The van der Waals surface area contributed by atoms with Gasteiger partial charge in [-0.15, -0.1) is 0 Å². The Hall–Kier alpha value is -2.63. The van der Waals surface area contributed by atoms with Gasteiger partial charge in [-0.1, -0.05) is 25.0 Å². The van der Waals surface area contributed by atoms with Crippen molar-refractivity contribution in [2.45, 2.75) is 38.3 Å². The molecule has 2 heterocycles. The molecule has 2 aromatic rings. The second kappa shape index (κ2) is 7.96. The van der Waals surface area contributed by atoms with Crippen molar-refractivity contribution in [3.8, 4) is 5.75 Å². The van der Waals surface area contributed by atoms with Gasteiger partial charge < -0.3 is 9.64 Å². The van der Waals surface area contributed by atoms with Gasteiger partial charge in [0, 0.05) is 18.9 Å². The molecule has 1 atom stereocenters. The number of amides is 1. The van der Waals surface area contributed by atoms with Crippen LogP contribution < -0.4 is 10.4 Å². The third kappa shape index (κ3) is 4.07. The number of aromatic nitrogens is 2. The van der Waals surface area contributed by atoms with Crippen molar-refractivity contribution >= 4 is 5.91 Å². The van der Waals surface area contributed by atoms with Gasteiger partial charge >= 0.3 is 5.69 Å². The number of hydrogen-bond acceptors (Lipinski definition) is 4. The molecule has 0 spiro atoms.